The van der Waals surface area contributed by atoms with Gasteiger partial charge in [-0.3, -0.25) is 4.79 Å². The first kappa shape index (κ1) is 12.3. The Kier molecular flexibility index (Phi) is 2.95. The third-order valence-electron chi connectivity index (χ3n) is 3.44. The fourth-order valence-corrected chi connectivity index (χ4v) is 2.21. The summed E-state index contributed by atoms with van der Waals surface area (Å²) >= 11 is 0. The van der Waals surface area contributed by atoms with Crippen LogP contribution < -0.4 is 5.32 Å². The van der Waals surface area contributed by atoms with E-state index in [1.54, 1.807) is 6.20 Å². The second-order valence-corrected chi connectivity index (χ2v) is 4.64. The lowest BCUT2D eigenvalue weighted by atomic mass is 10.1. The van der Waals surface area contributed by atoms with E-state index in [-0.39, 0.29) is 0 Å². The highest BCUT2D eigenvalue weighted by atomic mass is 16.1. The van der Waals surface area contributed by atoms with Gasteiger partial charge in [-0.25, -0.2) is 9.97 Å². The number of aromatic nitrogens is 3. The fraction of sp³-hybridized carbons (Fsp3) is 0.133. The van der Waals surface area contributed by atoms with E-state index in [4.69, 9.17) is 0 Å². The molecule has 3 aromatic rings. The summed E-state index contributed by atoms with van der Waals surface area (Å²) < 4.78 is 2.05. The van der Waals surface area contributed by atoms with Crippen molar-refractivity contribution in [1.82, 2.24) is 14.5 Å². The Morgan fingerprint density at radius 3 is 2.70 bits per heavy atom. The second-order valence-electron chi connectivity index (χ2n) is 4.64. The molecule has 0 atom stereocenters. The van der Waals surface area contributed by atoms with Gasteiger partial charge in [-0.2, -0.15) is 0 Å². The number of rotatable bonds is 3. The minimum absolute atomic E-state index is 0.547. The van der Waals surface area contributed by atoms with Crippen LogP contribution in [0.25, 0.3) is 22.0 Å². The van der Waals surface area contributed by atoms with Gasteiger partial charge < -0.3 is 9.88 Å². The molecule has 0 aliphatic heterocycles. The van der Waals surface area contributed by atoms with Gasteiger partial charge in [-0.1, -0.05) is 12.1 Å². The zero-order chi connectivity index (χ0) is 14.1. The van der Waals surface area contributed by atoms with Crippen LogP contribution in [0.15, 0.2) is 36.7 Å². The lowest BCUT2D eigenvalue weighted by Gasteiger charge is -2.06. The van der Waals surface area contributed by atoms with E-state index >= 15 is 0 Å². The highest BCUT2D eigenvalue weighted by Gasteiger charge is 2.06. The summed E-state index contributed by atoms with van der Waals surface area (Å²) in [5.41, 5.74) is 2.15. The Morgan fingerprint density at radius 2 is 2.00 bits per heavy atom. The van der Waals surface area contributed by atoms with Gasteiger partial charge >= 0.3 is 0 Å². The molecule has 0 spiro atoms. The molecule has 3 rings (SSSR count). The van der Waals surface area contributed by atoms with Crippen molar-refractivity contribution in [3.63, 3.8) is 0 Å². The lowest BCUT2D eigenvalue weighted by molar-refractivity contribution is -0.105. The SMILES string of the molecule is Cc1ncc(-c2ccc3cnc(NC=O)cc3c2)n1C. The van der Waals surface area contributed by atoms with Gasteiger partial charge in [0, 0.05) is 24.2 Å². The molecular weight excluding hydrogens is 252 g/mol. The van der Waals surface area contributed by atoms with Crippen molar-refractivity contribution < 1.29 is 4.79 Å². The quantitative estimate of drug-likeness (QED) is 0.741. The monoisotopic (exact) mass is 266 g/mol. The summed E-state index contributed by atoms with van der Waals surface area (Å²) in [7, 11) is 1.99. The fourth-order valence-electron chi connectivity index (χ4n) is 2.21. The Morgan fingerprint density at radius 1 is 1.15 bits per heavy atom. The Labute approximate surface area is 116 Å². The van der Waals surface area contributed by atoms with E-state index in [1.165, 1.54) is 0 Å². The van der Waals surface area contributed by atoms with Crippen LogP contribution in [0.1, 0.15) is 5.82 Å². The van der Waals surface area contributed by atoms with Crippen molar-refractivity contribution in [2.24, 2.45) is 7.05 Å². The molecule has 1 amide bonds. The minimum Gasteiger partial charge on any atom is -0.331 e. The van der Waals surface area contributed by atoms with Crippen molar-refractivity contribution in [2.45, 2.75) is 6.92 Å². The molecule has 5 nitrogen and oxygen atoms in total. The number of hydrogen-bond donors (Lipinski definition) is 1. The lowest BCUT2D eigenvalue weighted by Crippen LogP contribution is -1.96. The largest absolute Gasteiger partial charge is 0.331 e. The molecule has 0 aliphatic rings. The third kappa shape index (κ3) is 2.03. The summed E-state index contributed by atoms with van der Waals surface area (Å²) in [6, 6.07) is 8.00. The first-order valence-corrected chi connectivity index (χ1v) is 6.28. The Balaban J connectivity index is 2.13. The maximum absolute atomic E-state index is 10.5. The first-order chi connectivity index (χ1) is 9.69. The number of nitrogens with zero attached hydrogens (tertiary/aromatic N) is 3. The maximum atomic E-state index is 10.5. The Bertz CT molecular complexity index is 792. The number of benzene rings is 1. The van der Waals surface area contributed by atoms with Crippen LogP contribution in [0.2, 0.25) is 0 Å². The van der Waals surface area contributed by atoms with E-state index in [0.29, 0.717) is 12.2 Å². The molecule has 2 heterocycles. The zero-order valence-electron chi connectivity index (χ0n) is 11.3. The molecule has 0 saturated carbocycles. The van der Waals surface area contributed by atoms with Crippen molar-refractivity contribution in [3.8, 4) is 11.3 Å². The number of carbonyl (C=O) groups is 1. The number of imidazole rings is 1. The van der Waals surface area contributed by atoms with Crippen LogP contribution in [0.3, 0.4) is 0 Å². The average molecular weight is 266 g/mol. The number of hydrogen-bond acceptors (Lipinski definition) is 3. The van der Waals surface area contributed by atoms with E-state index in [9.17, 15) is 4.79 Å². The smallest absolute Gasteiger partial charge is 0.212 e. The van der Waals surface area contributed by atoms with Crippen LogP contribution in [-0.4, -0.2) is 20.9 Å². The minimum atomic E-state index is 0.547. The van der Waals surface area contributed by atoms with Crippen LogP contribution >= 0.6 is 0 Å². The molecule has 0 bridgehead atoms. The van der Waals surface area contributed by atoms with Crippen LogP contribution in [0, 0.1) is 6.92 Å². The predicted octanol–water partition coefficient (Wildman–Crippen LogP) is 2.51. The van der Waals surface area contributed by atoms with E-state index in [1.807, 2.05) is 42.9 Å². The summed E-state index contributed by atoms with van der Waals surface area (Å²) in [5.74, 6) is 1.52. The van der Waals surface area contributed by atoms with Gasteiger partial charge in [0.2, 0.25) is 6.41 Å². The van der Waals surface area contributed by atoms with Gasteiger partial charge in [0.15, 0.2) is 0 Å². The third-order valence-corrected chi connectivity index (χ3v) is 3.44. The van der Waals surface area contributed by atoms with E-state index < -0.39 is 0 Å². The molecule has 0 aliphatic carbocycles. The topological polar surface area (TPSA) is 59.8 Å². The molecule has 20 heavy (non-hydrogen) atoms. The van der Waals surface area contributed by atoms with Gasteiger partial charge in [-0.15, -0.1) is 0 Å². The van der Waals surface area contributed by atoms with E-state index in [0.717, 1.165) is 27.9 Å². The summed E-state index contributed by atoms with van der Waals surface area (Å²) in [5, 5.41) is 4.63. The first-order valence-electron chi connectivity index (χ1n) is 6.28. The molecule has 1 aromatic carbocycles. The molecule has 0 saturated heterocycles. The molecule has 0 fully saturated rings. The molecular formula is C15H14N4O. The number of aryl methyl sites for hydroxylation is 1. The van der Waals surface area contributed by atoms with E-state index in [2.05, 4.69) is 21.4 Å². The predicted molar refractivity (Wildman–Crippen MR) is 78.4 cm³/mol. The average Bonchev–Trinajstić information content (AvgIpc) is 2.79. The summed E-state index contributed by atoms with van der Waals surface area (Å²) in [6.07, 6.45) is 4.24. The van der Waals surface area contributed by atoms with Crippen molar-refractivity contribution >= 4 is 23.0 Å². The van der Waals surface area contributed by atoms with Gasteiger partial charge in [0.05, 0.1) is 11.9 Å². The molecule has 0 radical (unpaired) electrons. The number of amides is 1. The van der Waals surface area contributed by atoms with Crippen LogP contribution in [-0.2, 0) is 11.8 Å². The molecule has 2 aromatic heterocycles. The highest BCUT2D eigenvalue weighted by Crippen LogP contribution is 2.25. The number of fused-ring (bicyclic) bond motifs is 1. The van der Waals surface area contributed by atoms with Crippen molar-refractivity contribution in [3.05, 3.63) is 42.5 Å². The molecule has 0 unspecified atom stereocenters. The van der Waals surface area contributed by atoms with Crippen molar-refractivity contribution in [2.75, 3.05) is 5.32 Å². The molecule has 5 heteroatoms. The number of carbonyl (C=O) groups excluding carboxylic acids is 1. The highest BCUT2D eigenvalue weighted by molar-refractivity contribution is 5.89. The number of anilines is 1. The zero-order valence-corrected chi connectivity index (χ0v) is 11.3. The normalized spacial score (nSPS) is 10.7. The summed E-state index contributed by atoms with van der Waals surface area (Å²) in [6.45, 7) is 1.97. The Hall–Kier alpha value is -2.69. The van der Waals surface area contributed by atoms with Gasteiger partial charge in [0.25, 0.3) is 0 Å². The van der Waals surface area contributed by atoms with Crippen LogP contribution in [0.4, 0.5) is 5.82 Å². The number of nitrogens with one attached hydrogen (secondary N) is 1. The number of pyridine rings is 1. The standard InChI is InChI=1S/C15H14N4O/c1-10-16-8-14(19(10)2)11-3-4-12-7-17-15(18-9-20)6-13(12)5-11/h3-9H,1-2H3,(H,17,18,20). The second kappa shape index (κ2) is 4.77. The van der Waals surface area contributed by atoms with Gasteiger partial charge in [0.1, 0.15) is 11.6 Å². The summed E-state index contributed by atoms with van der Waals surface area (Å²) in [4.78, 5) is 19.0. The van der Waals surface area contributed by atoms with Crippen molar-refractivity contribution in [1.29, 1.82) is 0 Å². The van der Waals surface area contributed by atoms with Crippen LogP contribution in [0.5, 0.6) is 0 Å². The van der Waals surface area contributed by atoms with Gasteiger partial charge in [-0.05, 0) is 24.4 Å². The molecule has 100 valence electrons. The maximum Gasteiger partial charge on any atom is 0.212 e. The molecule has 1 N–H and O–H groups in total.